The van der Waals surface area contributed by atoms with Crippen LogP contribution in [0.1, 0.15) is 68.2 Å². The molecule has 132 valence electrons. The van der Waals surface area contributed by atoms with E-state index in [1.807, 2.05) is 0 Å². The average molecular weight is 358 g/mol. The Labute approximate surface area is 163 Å². The summed E-state index contributed by atoms with van der Waals surface area (Å²) < 4.78 is 111. The number of hydrogen-bond donors (Lipinski definition) is 0. The quantitative estimate of drug-likeness (QED) is 0.517. The Kier molecular flexibility index (Phi) is 3.94. The lowest BCUT2D eigenvalue weighted by Crippen LogP contribution is -2.04. The summed E-state index contributed by atoms with van der Waals surface area (Å²) in [6, 6.07) is 6.72. The molecule has 2 nitrogen and oxygen atoms in total. The molecule has 0 bridgehead atoms. The van der Waals surface area contributed by atoms with Gasteiger partial charge in [0.25, 0.3) is 0 Å². The van der Waals surface area contributed by atoms with Gasteiger partial charge in [0.15, 0.2) is 9.84 Å². The molecule has 0 atom stereocenters. The normalized spacial score (nSPS) is 23.5. The highest BCUT2D eigenvalue weighted by atomic mass is 32.2. The molecule has 0 aliphatic heterocycles. The molecule has 1 aromatic rings. The lowest BCUT2D eigenvalue weighted by atomic mass is 10.1. The first-order valence-electron chi connectivity index (χ1n) is 13.0. The van der Waals surface area contributed by atoms with E-state index in [-0.39, 0.29) is 23.5 Å². The van der Waals surface area contributed by atoms with E-state index in [1.54, 1.807) is 25.1 Å². The van der Waals surface area contributed by atoms with Gasteiger partial charge >= 0.3 is 0 Å². The Morgan fingerprint density at radius 3 is 2.58 bits per heavy atom. The molecule has 1 aromatic carbocycles. The van der Waals surface area contributed by atoms with Gasteiger partial charge in [0.05, 0.1) is 12.0 Å². The molecule has 0 aromatic heterocycles. The van der Waals surface area contributed by atoms with E-state index in [0.717, 1.165) is 13.0 Å². The monoisotopic (exact) mass is 357 g/mol. The van der Waals surface area contributed by atoms with Crippen molar-refractivity contribution in [2.75, 3.05) is 5.75 Å². The second kappa shape index (κ2) is 10.3. The molecule has 0 heterocycles. The standard InChI is InChI=1S/C21H30O2S/c1-18(2)10-8-11-19(3)12-9-13-20(4)16-17-24(22,23)21-14-6-5-7-15-21/h5-7,10,12,14-16H,8-9,11,13,17H2,1-4H3/b19-12+,20-16+/i1D3,3D3,8D2,10D,11D2/b18-10+,19-12+,20-16+. The highest BCUT2D eigenvalue weighted by Crippen LogP contribution is 2.14. The van der Waals surface area contributed by atoms with Crippen LogP contribution in [0.25, 0.3) is 0 Å². The first-order valence-corrected chi connectivity index (χ1v) is 9.14. The molecule has 0 spiro atoms. The maximum Gasteiger partial charge on any atom is 0.181 e. The maximum absolute atomic E-state index is 12.4. The molecule has 3 heteroatoms. The van der Waals surface area contributed by atoms with Crippen molar-refractivity contribution < 1.29 is 23.5 Å². The number of hydrogen-bond acceptors (Lipinski definition) is 2. The second-order valence-electron chi connectivity index (χ2n) is 5.30. The van der Waals surface area contributed by atoms with Crippen molar-refractivity contribution in [3.8, 4) is 0 Å². The van der Waals surface area contributed by atoms with Crippen molar-refractivity contribution in [1.29, 1.82) is 0 Å². The first-order chi connectivity index (χ1) is 15.7. The van der Waals surface area contributed by atoms with Gasteiger partial charge in [0.2, 0.25) is 0 Å². The van der Waals surface area contributed by atoms with Crippen molar-refractivity contribution >= 4 is 9.84 Å². The summed E-state index contributed by atoms with van der Waals surface area (Å²) >= 11 is 0. The summed E-state index contributed by atoms with van der Waals surface area (Å²) in [5.41, 5.74) is -0.953. The summed E-state index contributed by atoms with van der Waals surface area (Å²) in [5, 5.41) is 0. The van der Waals surface area contributed by atoms with E-state index >= 15 is 0 Å². The lowest BCUT2D eigenvalue weighted by Gasteiger charge is -2.03. The van der Waals surface area contributed by atoms with E-state index in [2.05, 4.69) is 0 Å². The Hall–Kier alpha value is -1.61. The van der Waals surface area contributed by atoms with Crippen LogP contribution in [0.2, 0.25) is 0 Å². The maximum atomic E-state index is 12.4. The van der Waals surface area contributed by atoms with Crippen LogP contribution in [0.4, 0.5) is 0 Å². The highest BCUT2D eigenvalue weighted by molar-refractivity contribution is 7.91. The van der Waals surface area contributed by atoms with Gasteiger partial charge in [-0.2, -0.15) is 0 Å². The lowest BCUT2D eigenvalue weighted by molar-refractivity contribution is 0.599. The van der Waals surface area contributed by atoms with Gasteiger partial charge in [-0.15, -0.1) is 0 Å². The third kappa shape index (κ3) is 8.30. The fourth-order valence-electron chi connectivity index (χ4n) is 1.77. The molecular weight excluding hydrogens is 316 g/mol. The molecule has 0 saturated carbocycles. The topological polar surface area (TPSA) is 34.1 Å². The van der Waals surface area contributed by atoms with E-state index in [4.69, 9.17) is 15.1 Å². The minimum Gasteiger partial charge on any atom is -0.223 e. The van der Waals surface area contributed by atoms with Crippen LogP contribution in [0.5, 0.6) is 0 Å². The first kappa shape index (κ1) is 9.19. The molecule has 0 unspecified atom stereocenters. The summed E-state index contributed by atoms with van der Waals surface area (Å²) in [5.74, 6) is -0.274. The fourth-order valence-corrected chi connectivity index (χ4v) is 3.03. The zero-order chi connectivity index (χ0) is 27.5. The summed E-state index contributed by atoms with van der Waals surface area (Å²) in [4.78, 5) is 0.163. The van der Waals surface area contributed by atoms with E-state index < -0.39 is 53.5 Å². The summed E-state index contributed by atoms with van der Waals surface area (Å²) in [6.07, 6.45) is -3.81. The average Bonchev–Trinajstić information content (AvgIpc) is 2.73. The molecular formula is C21H30O2S. The van der Waals surface area contributed by atoms with Crippen LogP contribution in [-0.4, -0.2) is 14.2 Å². The molecule has 0 aliphatic rings. The van der Waals surface area contributed by atoms with Gasteiger partial charge < -0.3 is 0 Å². The minimum atomic E-state index is -3.56. The Bertz CT molecular complexity index is 1080. The molecule has 0 amide bonds. The van der Waals surface area contributed by atoms with Gasteiger partial charge in [0.1, 0.15) is 0 Å². The zero-order valence-corrected chi connectivity index (χ0v) is 14.7. The van der Waals surface area contributed by atoms with Gasteiger partial charge in [0, 0.05) is 13.7 Å². The molecule has 0 saturated heterocycles. The predicted octanol–water partition coefficient (Wildman–Crippen LogP) is 5.88. The van der Waals surface area contributed by atoms with Crippen molar-refractivity contribution in [1.82, 2.24) is 0 Å². The van der Waals surface area contributed by atoms with Crippen molar-refractivity contribution in [2.24, 2.45) is 0 Å². The number of rotatable bonds is 9. The summed E-state index contributed by atoms with van der Waals surface area (Å²) in [7, 11) is -3.56. The molecule has 0 N–H and O–H groups in total. The van der Waals surface area contributed by atoms with Crippen LogP contribution in [0.3, 0.4) is 0 Å². The van der Waals surface area contributed by atoms with Gasteiger partial charge in [-0.25, -0.2) is 8.42 Å². The Morgan fingerprint density at radius 1 is 1.17 bits per heavy atom. The van der Waals surface area contributed by atoms with Crippen molar-refractivity contribution in [3.05, 3.63) is 65.3 Å². The minimum absolute atomic E-state index is 0.0354. The molecule has 0 fully saturated rings. The van der Waals surface area contributed by atoms with E-state index in [1.165, 1.54) is 18.2 Å². The Morgan fingerprint density at radius 2 is 1.92 bits per heavy atom. The Balaban J connectivity index is 3.19. The highest BCUT2D eigenvalue weighted by Gasteiger charge is 2.11. The number of benzene rings is 1. The summed E-state index contributed by atoms with van der Waals surface area (Å²) in [6.45, 7) is -3.27. The third-order valence-electron chi connectivity index (χ3n) is 3.09. The number of allylic oxidation sites excluding steroid dienone is 5. The fraction of sp³-hybridized carbons (Fsp3) is 0.429. The predicted molar refractivity (Wildman–Crippen MR) is 104 cm³/mol. The number of sulfone groups is 1. The van der Waals surface area contributed by atoms with Crippen LogP contribution >= 0.6 is 0 Å². The van der Waals surface area contributed by atoms with E-state index in [9.17, 15) is 8.42 Å². The smallest absolute Gasteiger partial charge is 0.181 e. The zero-order valence-electron chi connectivity index (χ0n) is 24.9. The second-order valence-corrected chi connectivity index (χ2v) is 7.34. The van der Waals surface area contributed by atoms with Gasteiger partial charge in [-0.05, 0) is 65.3 Å². The van der Waals surface area contributed by atoms with Gasteiger partial charge in [-0.3, -0.25) is 0 Å². The van der Waals surface area contributed by atoms with Crippen LogP contribution in [-0.2, 0) is 9.84 Å². The van der Waals surface area contributed by atoms with Crippen LogP contribution in [0, 0.1) is 0 Å². The van der Waals surface area contributed by atoms with Crippen LogP contribution < -0.4 is 0 Å². The van der Waals surface area contributed by atoms with Gasteiger partial charge in [-0.1, -0.05) is 53.1 Å². The van der Waals surface area contributed by atoms with Crippen molar-refractivity contribution in [3.63, 3.8) is 0 Å². The van der Waals surface area contributed by atoms with Crippen LogP contribution in [0.15, 0.2) is 70.2 Å². The third-order valence-corrected chi connectivity index (χ3v) is 4.68. The molecule has 0 aliphatic carbocycles. The molecule has 24 heavy (non-hydrogen) atoms. The SMILES string of the molecule is [2H]/C(=C(\C)C([2H])([2H])[2H])C([2H])([2H])C([2H])([2H])/C(=C/CC/C(C)=C/CS(=O)(=O)c1ccccc1)C([2H])([2H])[2H]. The largest absolute Gasteiger partial charge is 0.223 e. The molecule has 0 radical (unpaired) electrons. The van der Waals surface area contributed by atoms with E-state index in [0.29, 0.717) is 5.57 Å². The van der Waals surface area contributed by atoms with Crippen molar-refractivity contribution in [2.45, 2.75) is 58.0 Å². The molecule has 1 rings (SSSR count).